The Morgan fingerprint density at radius 2 is 2.11 bits per heavy atom. The maximum atomic E-state index is 11.5. The number of ether oxygens (including phenoxy) is 1. The number of para-hydroxylation sites is 1. The number of hydrogen-bond acceptors (Lipinski definition) is 3. The Kier molecular flexibility index (Phi) is 6.22. The molecule has 0 fully saturated rings. The van der Waals surface area contributed by atoms with E-state index in [0.717, 1.165) is 17.7 Å². The lowest BCUT2D eigenvalue weighted by atomic mass is 10.2. The Labute approximate surface area is 109 Å². The summed E-state index contributed by atoms with van der Waals surface area (Å²) in [5.74, 6) is 1.00. The highest BCUT2D eigenvalue weighted by Crippen LogP contribution is 2.16. The van der Waals surface area contributed by atoms with Crippen LogP contribution in [0.1, 0.15) is 18.4 Å². The van der Waals surface area contributed by atoms with Crippen LogP contribution in [0, 0.1) is 6.92 Å². The monoisotopic (exact) mass is 250 g/mol. The van der Waals surface area contributed by atoms with Gasteiger partial charge in [0.15, 0.2) is 0 Å². The van der Waals surface area contributed by atoms with E-state index in [2.05, 4.69) is 0 Å². The highest BCUT2D eigenvalue weighted by Gasteiger charge is 2.06. The third kappa shape index (κ3) is 4.75. The second-order valence-corrected chi connectivity index (χ2v) is 4.32. The third-order valence-corrected chi connectivity index (χ3v) is 2.77. The fraction of sp³-hybridized carbons (Fsp3) is 0.500. The fourth-order valence-corrected chi connectivity index (χ4v) is 1.64. The summed E-state index contributed by atoms with van der Waals surface area (Å²) in [6, 6.07) is 7.92. The molecule has 0 bridgehead atoms. The Balaban J connectivity index is 2.23. The van der Waals surface area contributed by atoms with Crippen LogP contribution in [-0.2, 0) is 4.79 Å². The number of carbonyl (C=O) groups excluding carboxylic acids is 1. The van der Waals surface area contributed by atoms with Crippen LogP contribution in [0.3, 0.4) is 0 Å². The molecule has 1 aromatic rings. The van der Waals surface area contributed by atoms with Gasteiger partial charge in [0.1, 0.15) is 5.75 Å². The third-order valence-electron chi connectivity index (χ3n) is 2.77. The molecule has 1 rings (SSSR count). The Morgan fingerprint density at radius 3 is 2.78 bits per heavy atom. The van der Waals surface area contributed by atoms with Crippen LogP contribution >= 0.6 is 0 Å². The van der Waals surface area contributed by atoms with Gasteiger partial charge in [-0.25, -0.2) is 0 Å². The van der Waals surface area contributed by atoms with E-state index in [1.165, 1.54) is 0 Å². The lowest BCUT2D eigenvalue weighted by Gasteiger charge is -2.17. The summed E-state index contributed by atoms with van der Waals surface area (Å²) in [6.07, 6.45) is 1.23. The standard InChI is InChI=1S/C14H22N2O2/c1-12-6-3-4-7-13(12)18-11-5-10-16(2)14(17)8-9-15/h3-4,6-7H,5,8-11,15H2,1-2H3. The van der Waals surface area contributed by atoms with Crippen molar-refractivity contribution in [2.45, 2.75) is 19.8 Å². The van der Waals surface area contributed by atoms with Crippen molar-refractivity contribution in [2.75, 3.05) is 26.7 Å². The van der Waals surface area contributed by atoms with Gasteiger partial charge in [0.25, 0.3) is 0 Å². The predicted molar refractivity (Wildman–Crippen MR) is 72.6 cm³/mol. The zero-order valence-corrected chi connectivity index (χ0v) is 11.2. The van der Waals surface area contributed by atoms with Crippen molar-refractivity contribution in [1.82, 2.24) is 4.90 Å². The van der Waals surface area contributed by atoms with Gasteiger partial charge in [-0.1, -0.05) is 18.2 Å². The maximum Gasteiger partial charge on any atom is 0.223 e. The van der Waals surface area contributed by atoms with Crippen LogP contribution in [-0.4, -0.2) is 37.6 Å². The van der Waals surface area contributed by atoms with Crippen molar-refractivity contribution >= 4 is 5.91 Å². The summed E-state index contributed by atoms with van der Waals surface area (Å²) in [5.41, 5.74) is 6.47. The van der Waals surface area contributed by atoms with Crippen molar-refractivity contribution in [1.29, 1.82) is 0 Å². The van der Waals surface area contributed by atoms with Crippen LogP contribution in [0.2, 0.25) is 0 Å². The van der Waals surface area contributed by atoms with E-state index in [1.54, 1.807) is 11.9 Å². The summed E-state index contributed by atoms with van der Waals surface area (Å²) in [4.78, 5) is 13.2. The molecule has 0 radical (unpaired) electrons. The molecule has 1 amide bonds. The average molecular weight is 250 g/mol. The van der Waals surface area contributed by atoms with Gasteiger partial charge in [-0.05, 0) is 25.0 Å². The van der Waals surface area contributed by atoms with Gasteiger partial charge in [0.2, 0.25) is 5.91 Å². The molecule has 4 heteroatoms. The van der Waals surface area contributed by atoms with Crippen LogP contribution in [0.25, 0.3) is 0 Å². The van der Waals surface area contributed by atoms with Crippen molar-refractivity contribution in [3.05, 3.63) is 29.8 Å². The van der Waals surface area contributed by atoms with Gasteiger partial charge in [-0.2, -0.15) is 0 Å². The van der Waals surface area contributed by atoms with E-state index in [4.69, 9.17) is 10.5 Å². The number of hydrogen-bond donors (Lipinski definition) is 1. The summed E-state index contributed by atoms with van der Waals surface area (Å²) in [5, 5.41) is 0. The molecule has 0 aliphatic rings. The molecule has 0 aromatic heterocycles. The minimum Gasteiger partial charge on any atom is -0.493 e. The molecule has 2 N–H and O–H groups in total. The summed E-state index contributed by atoms with van der Waals surface area (Å²) in [6.45, 7) is 3.74. The van der Waals surface area contributed by atoms with Crippen molar-refractivity contribution < 1.29 is 9.53 Å². The van der Waals surface area contributed by atoms with Gasteiger partial charge >= 0.3 is 0 Å². The molecule has 0 unspecified atom stereocenters. The summed E-state index contributed by atoms with van der Waals surface area (Å²) < 4.78 is 5.66. The molecule has 0 saturated heterocycles. The maximum absolute atomic E-state index is 11.5. The zero-order chi connectivity index (χ0) is 13.4. The molecular weight excluding hydrogens is 228 g/mol. The van der Waals surface area contributed by atoms with E-state index in [1.807, 2.05) is 31.2 Å². The van der Waals surface area contributed by atoms with Crippen LogP contribution in [0.15, 0.2) is 24.3 Å². The number of rotatable bonds is 7. The Morgan fingerprint density at radius 1 is 1.39 bits per heavy atom. The van der Waals surface area contributed by atoms with Crippen LogP contribution < -0.4 is 10.5 Å². The number of amides is 1. The number of benzene rings is 1. The summed E-state index contributed by atoms with van der Waals surface area (Å²) in [7, 11) is 1.80. The average Bonchev–Trinajstić information content (AvgIpc) is 2.36. The van der Waals surface area contributed by atoms with E-state index in [0.29, 0.717) is 26.1 Å². The molecule has 0 saturated carbocycles. The number of nitrogens with zero attached hydrogens (tertiary/aromatic N) is 1. The zero-order valence-electron chi connectivity index (χ0n) is 11.2. The van der Waals surface area contributed by atoms with Gasteiger partial charge in [0, 0.05) is 26.6 Å². The molecular formula is C14H22N2O2. The molecule has 0 aliphatic carbocycles. The second-order valence-electron chi connectivity index (χ2n) is 4.32. The van der Waals surface area contributed by atoms with E-state index >= 15 is 0 Å². The summed E-state index contributed by atoms with van der Waals surface area (Å²) >= 11 is 0. The first kappa shape index (κ1) is 14.5. The highest BCUT2D eigenvalue weighted by atomic mass is 16.5. The first-order chi connectivity index (χ1) is 8.65. The van der Waals surface area contributed by atoms with Gasteiger partial charge in [0.05, 0.1) is 6.61 Å². The number of carbonyl (C=O) groups is 1. The minimum absolute atomic E-state index is 0.0911. The molecule has 4 nitrogen and oxygen atoms in total. The first-order valence-corrected chi connectivity index (χ1v) is 6.27. The first-order valence-electron chi connectivity index (χ1n) is 6.27. The topological polar surface area (TPSA) is 55.6 Å². The van der Waals surface area contributed by atoms with E-state index < -0.39 is 0 Å². The Hall–Kier alpha value is -1.55. The molecule has 0 atom stereocenters. The van der Waals surface area contributed by atoms with Crippen molar-refractivity contribution in [3.63, 3.8) is 0 Å². The van der Waals surface area contributed by atoms with Gasteiger partial charge in [-0.15, -0.1) is 0 Å². The Bertz CT molecular complexity index is 380. The van der Waals surface area contributed by atoms with Crippen molar-refractivity contribution in [3.8, 4) is 5.75 Å². The number of nitrogens with two attached hydrogens (primary N) is 1. The normalized spacial score (nSPS) is 10.2. The predicted octanol–water partition coefficient (Wildman–Crippen LogP) is 1.57. The molecule has 18 heavy (non-hydrogen) atoms. The van der Waals surface area contributed by atoms with Crippen LogP contribution in [0.5, 0.6) is 5.75 Å². The molecule has 100 valence electrons. The molecule has 0 heterocycles. The fourth-order valence-electron chi connectivity index (χ4n) is 1.64. The lowest BCUT2D eigenvalue weighted by molar-refractivity contribution is -0.129. The quantitative estimate of drug-likeness (QED) is 0.747. The van der Waals surface area contributed by atoms with E-state index in [-0.39, 0.29) is 5.91 Å². The highest BCUT2D eigenvalue weighted by molar-refractivity contribution is 5.75. The molecule has 1 aromatic carbocycles. The van der Waals surface area contributed by atoms with Crippen molar-refractivity contribution in [2.24, 2.45) is 5.73 Å². The molecule has 0 aliphatic heterocycles. The van der Waals surface area contributed by atoms with Gasteiger partial charge < -0.3 is 15.4 Å². The van der Waals surface area contributed by atoms with E-state index in [9.17, 15) is 4.79 Å². The largest absolute Gasteiger partial charge is 0.493 e. The number of aryl methyl sites for hydroxylation is 1. The molecule has 0 spiro atoms. The van der Waals surface area contributed by atoms with Crippen LogP contribution in [0.4, 0.5) is 0 Å². The second kappa shape index (κ2) is 7.71. The SMILES string of the molecule is Cc1ccccc1OCCCN(C)C(=O)CCN. The minimum atomic E-state index is 0.0911. The van der Waals surface area contributed by atoms with Gasteiger partial charge in [-0.3, -0.25) is 4.79 Å². The lowest BCUT2D eigenvalue weighted by Crippen LogP contribution is -2.30. The smallest absolute Gasteiger partial charge is 0.223 e.